The van der Waals surface area contributed by atoms with Crippen LogP contribution in [0.15, 0.2) is 36.1 Å². The minimum Gasteiger partial charge on any atom is -0.493 e. The molecule has 4 nitrogen and oxygen atoms in total. The van der Waals surface area contributed by atoms with E-state index in [0.717, 1.165) is 5.56 Å². The van der Waals surface area contributed by atoms with E-state index >= 15 is 0 Å². The van der Waals surface area contributed by atoms with Crippen molar-refractivity contribution in [2.75, 3.05) is 14.2 Å². The Morgan fingerprint density at radius 1 is 1.12 bits per heavy atom. The van der Waals surface area contributed by atoms with Crippen LogP contribution in [0.5, 0.6) is 11.5 Å². The molecular formula is C13H12O4. The molecule has 4 heteroatoms. The summed E-state index contributed by atoms with van der Waals surface area (Å²) in [5, 5.41) is 0. The van der Waals surface area contributed by atoms with Gasteiger partial charge in [-0.05, 0) is 29.8 Å². The third-order valence-electron chi connectivity index (χ3n) is 2.32. The molecule has 0 saturated carbocycles. The van der Waals surface area contributed by atoms with Gasteiger partial charge in [0.05, 0.1) is 14.2 Å². The number of methoxy groups -OCH3 is 2. The molecule has 0 N–H and O–H groups in total. The first-order valence-corrected chi connectivity index (χ1v) is 5.06. The lowest BCUT2D eigenvalue weighted by atomic mass is 10.2. The quantitative estimate of drug-likeness (QED) is 0.749. The van der Waals surface area contributed by atoms with Gasteiger partial charge in [-0.25, -0.2) is 4.79 Å². The zero-order chi connectivity index (χ0) is 12.3. The summed E-state index contributed by atoms with van der Waals surface area (Å²) in [5.74, 6) is 1.46. The summed E-state index contributed by atoms with van der Waals surface area (Å²) in [6, 6.07) is 5.46. The lowest BCUT2D eigenvalue weighted by Gasteiger charge is -2.07. The highest BCUT2D eigenvalue weighted by molar-refractivity contribution is 5.87. The lowest BCUT2D eigenvalue weighted by molar-refractivity contribution is -0.132. The Labute approximate surface area is 99.1 Å². The summed E-state index contributed by atoms with van der Waals surface area (Å²) in [7, 11) is 3.15. The van der Waals surface area contributed by atoms with E-state index in [1.165, 1.54) is 6.08 Å². The van der Waals surface area contributed by atoms with Gasteiger partial charge >= 0.3 is 5.97 Å². The Bertz CT molecular complexity index is 500. The monoisotopic (exact) mass is 232 g/mol. The van der Waals surface area contributed by atoms with Gasteiger partial charge in [0, 0.05) is 6.08 Å². The van der Waals surface area contributed by atoms with Gasteiger partial charge in [0.15, 0.2) is 11.5 Å². The Morgan fingerprint density at radius 2 is 1.88 bits per heavy atom. The number of hydrogen-bond donors (Lipinski definition) is 0. The van der Waals surface area contributed by atoms with E-state index in [0.29, 0.717) is 17.3 Å². The first-order chi connectivity index (χ1) is 8.22. The van der Waals surface area contributed by atoms with Gasteiger partial charge in [-0.2, -0.15) is 0 Å². The van der Waals surface area contributed by atoms with Crippen molar-refractivity contribution in [2.24, 2.45) is 0 Å². The third kappa shape index (κ3) is 2.47. The zero-order valence-corrected chi connectivity index (χ0v) is 9.60. The molecule has 1 aromatic carbocycles. The second-order valence-corrected chi connectivity index (χ2v) is 3.42. The second-order valence-electron chi connectivity index (χ2n) is 3.42. The van der Waals surface area contributed by atoms with Gasteiger partial charge in [-0.1, -0.05) is 6.07 Å². The number of allylic oxidation sites excluding steroid dienone is 1. The van der Waals surface area contributed by atoms with Crippen molar-refractivity contribution in [1.82, 2.24) is 0 Å². The first kappa shape index (κ1) is 11.3. The summed E-state index contributed by atoms with van der Waals surface area (Å²) in [6.45, 7) is 0. The number of carbonyl (C=O) groups excluding carboxylic acids is 1. The molecule has 1 heterocycles. The van der Waals surface area contributed by atoms with Crippen LogP contribution in [-0.4, -0.2) is 20.2 Å². The van der Waals surface area contributed by atoms with Crippen LogP contribution in [0, 0.1) is 0 Å². The molecule has 0 unspecified atom stereocenters. The zero-order valence-electron chi connectivity index (χ0n) is 9.60. The summed E-state index contributed by atoms with van der Waals surface area (Å²) in [6.07, 6.45) is 4.76. The van der Waals surface area contributed by atoms with Crippen LogP contribution in [0.1, 0.15) is 5.56 Å². The van der Waals surface area contributed by atoms with Gasteiger partial charge < -0.3 is 14.2 Å². The molecule has 0 saturated heterocycles. The lowest BCUT2D eigenvalue weighted by Crippen LogP contribution is -1.92. The smallest absolute Gasteiger partial charge is 0.336 e. The number of hydrogen-bond acceptors (Lipinski definition) is 4. The van der Waals surface area contributed by atoms with E-state index in [4.69, 9.17) is 14.2 Å². The molecule has 2 rings (SSSR count). The molecule has 1 aliphatic rings. The Kier molecular flexibility index (Phi) is 3.14. The molecule has 0 atom stereocenters. The highest BCUT2D eigenvalue weighted by Crippen LogP contribution is 2.28. The van der Waals surface area contributed by atoms with E-state index in [9.17, 15) is 4.79 Å². The molecule has 1 aliphatic heterocycles. The maximum atomic E-state index is 10.9. The maximum absolute atomic E-state index is 10.9. The van der Waals surface area contributed by atoms with Gasteiger partial charge in [0.1, 0.15) is 5.76 Å². The van der Waals surface area contributed by atoms with Gasteiger partial charge in [0.25, 0.3) is 0 Å². The molecule has 17 heavy (non-hydrogen) atoms. The summed E-state index contributed by atoms with van der Waals surface area (Å²) in [5.41, 5.74) is 0.872. The van der Waals surface area contributed by atoms with E-state index in [-0.39, 0.29) is 5.97 Å². The van der Waals surface area contributed by atoms with Crippen LogP contribution < -0.4 is 9.47 Å². The van der Waals surface area contributed by atoms with Crippen molar-refractivity contribution < 1.29 is 19.0 Å². The second kappa shape index (κ2) is 4.74. The van der Waals surface area contributed by atoms with Crippen LogP contribution in [-0.2, 0) is 9.53 Å². The number of cyclic esters (lactones) is 1. The molecule has 0 spiro atoms. The molecule has 0 bridgehead atoms. The normalized spacial score (nSPS) is 16.1. The van der Waals surface area contributed by atoms with Gasteiger partial charge in [-0.15, -0.1) is 0 Å². The maximum Gasteiger partial charge on any atom is 0.336 e. The molecule has 0 amide bonds. The summed E-state index contributed by atoms with van der Waals surface area (Å²) in [4.78, 5) is 10.9. The number of carbonyl (C=O) groups is 1. The summed E-state index contributed by atoms with van der Waals surface area (Å²) < 4.78 is 15.2. The predicted octanol–water partition coefficient (Wildman–Crippen LogP) is 2.16. The Morgan fingerprint density at radius 3 is 2.47 bits per heavy atom. The van der Waals surface area contributed by atoms with Crippen molar-refractivity contribution in [3.63, 3.8) is 0 Å². The molecule has 0 fully saturated rings. The fraction of sp³-hybridized carbons (Fsp3) is 0.154. The standard InChI is InChI=1S/C13H12O4/c1-15-11-5-3-9(8-12(11)16-2)7-10-4-6-13(14)17-10/h3-8H,1-2H3/b10-7+. The average molecular weight is 232 g/mol. The van der Waals surface area contributed by atoms with Crippen molar-refractivity contribution in [3.05, 3.63) is 41.7 Å². The van der Waals surface area contributed by atoms with Gasteiger partial charge in [0.2, 0.25) is 0 Å². The Hall–Kier alpha value is -2.23. The molecule has 0 radical (unpaired) electrons. The molecule has 0 aromatic heterocycles. The fourth-order valence-corrected chi connectivity index (χ4v) is 1.52. The number of rotatable bonds is 3. The van der Waals surface area contributed by atoms with Crippen molar-refractivity contribution >= 4 is 12.0 Å². The molecule has 1 aromatic rings. The topological polar surface area (TPSA) is 44.8 Å². The first-order valence-electron chi connectivity index (χ1n) is 5.06. The van der Waals surface area contributed by atoms with E-state index < -0.39 is 0 Å². The third-order valence-corrected chi connectivity index (χ3v) is 2.32. The van der Waals surface area contributed by atoms with Crippen LogP contribution in [0.4, 0.5) is 0 Å². The predicted molar refractivity (Wildman–Crippen MR) is 62.8 cm³/mol. The van der Waals surface area contributed by atoms with Crippen LogP contribution in [0.25, 0.3) is 6.08 Å². The van der Waals surface area contributed by atoms with Crippen molar-refractivity contribution in [3.8, 4) is 11.5 Å². The van der Waals surface area contributed by atoms with E-state index in [1.54, 1.807) is 32.4 Å². The number of benzene rings is 1. The minimum atomic E-state index is -0.350. The number of esters is 1. The van der Waals surface area contributed by atoms with Crippen LogP contribution >= 0.6 is 0 Å². The average Bonchev–Trinajstić information content (AvgIpc) is 2.74. The summed E-state index contributed by atoms with van der Waals surface area (Å²) >= 11 is 0. The van der Waals surface area contributed by atoms with E-state index in [1.807, 2.05) is 12.1 Å². The van der Waals surface area contributed by atoms with Crippen molar-refractivity contribution in [2.45, 2.75) is 0 Å². The molecule has 88 valence electrons. The van der Waals surface area contributed by atoms with Crippen LogP contribution in [0.2, 0.25) is 0 Å². The molecule has 0 aliphatic carbocycles. The fourth-order valence-electron chi connectivity index (χ4n) is 1.52. The largest absolute Gasteiger partial charge is 0.493 e. The molecular weight excluding hydrogens is 220 g/mol. The van der Waals surface area contributed by atoms with Crippen molar-refractivity contribution in [1.29, 1.82) is 0 Å². The SMILES string of the molecule is COc1ccc(/C=C2\C=CC(=O)O2)cc1OC. The number of ether oxygens (including phenoxy) is 3. The van der Waals surface area contributed by atoms with E-state index in [2.05, 4.69) is 0 Å². The van der Waals surface area contributed by atoms with Crippen LogP contribution in [0.3, 0.4) is 0 Å². The van der Waals surface area contributed by atoms with Gasteiger partial charge in [-0.3, -0.25) is 0 Å². The minimum absolute atomic E-state index is 0.350. The highest BCUT2D eigenvalue weighted by Gasteiger charge is 2.10. The highest BCUT2D eigenvalue weighted by atomic mass is 16.5. The Balaban J connectivity index is 2.28.